The summed E-state index contributed by atoms with van der Waals surface area (Å²) in [5.41, 5.74) is 6.94. The van der Waals surface area contributed by atoms with Gasteiger partial charge in [-0.05, 0) is 51.5 Å². The molecule has 38 heavy (non-hydrogen) atoms. The molecular formula is C25H30ClN6O5P. The summed E-state index contributed by atoms with van der Waals surface area (Å²) in [5, 5.41) is 13.8. The van der Waals surface area contributed by atoms with Crippen LogP contribution in [0.4, 0.5) is 5.82 Å². The van der Waals surface area contributed by atoms with Crippen LogP contribution in [0.1, 0.15) is 45.9 Å². The number of nitriles is 1. The normalized spacial score (nSPS) is 20.8. The van der Waals surface area contributed by atoms with Crippen LogP contribution in [-0.4, -0.2) is 45.4 Å². The molecule has 0 spiro atoms. The van der Waals surface area contributed by atoms with Gasteiger partial charge in [0, 0.05) is 17.1 Å². The Morgan fingerprint density at radius 2 is 2.08 bits per heavy atom. The maximum absolute atomic E-state index is 12.4. The molecule has 0 saturated carbocycles. The molecule has 0 aliphatic carbocycles. The lowest BCUT2D eigenvalue weighted by molar-refractivity contribution is -0.149. The number of aromatic nitrogens is 3. The predicted molar refractivity (Wildman–Crippen MR) is 143 cm³/mol. The maximum atomic E-state index is 12.4. The molecule has 3 aromatic rings. The third-order valence-corrected chi connectivity index (χ3v) is 7.48. The van der Waals surface area contributed by atoms with E-state index in [1.807, 2.05) is 4.57 Å². The average Bonchev–Trinajstić information content (AvgIpc) is 3.43. The van der Waals surface area contributed by atoms with Crippen molar-refractivity contribution in [2.45, 2.75) is 58.6 Å². The number of fused-ring (bicyclic) bond motifs is 1. The van der Waals surface area contributed by atoms with Gasteiger partial charge in [0.2, 0.25) is 0 Å². The van der Waals surface area contributed by atoms with Crippen molar-refractivity contribution in [3.8, 4) is 11.8 Å². The molecule has 1 aliphatic heterocycles. The minimum atomic E-state index is -1.73. The third kappa shape index (κ3) is 6.52. The summed E-state index contributed by atoms with van der Waals surface area (Å²) in [4.78, 5) is 20.7. The van der Waals surface area contributed by atoms with Crippen LogP contribution in [0, 0.1) is 17.2 Å². The van der Waals surface area contributed by atoms with Crippen molar-refractivity contribution in [3.63, 3.8) is 0 Å². The largest absolute Gasteiger partial charge is 0.462 e. The van der Waals surface area contributed by atoms with Crippen molar-refractivity contribution in [2.24, 2.45) is 5.92 Å². The fraction of sp³-hybridized carbons (Fsp3) is 0.440. The zero-order valence-corrected chi connectivity index (χ0v) is 23.1. The second kappa shape index (κ2) is 12.2. The van der Waals surface area contributed by atoms with Gasteiger partial charge in [0.25, 0.3) is 0 Å². The van der Waals surface area contributed by atoms with Gasteiger partial charge in [-0.2, -0.15) is 5.26 Å². The molecule has 1 fully saturated rings. The fourth-order valence-corrected chi connectivity index (χ4v) is 5.47. The second-order valence-corrected chi connectivity index (χ2v) is 11.0. The Bertz CT molecular complexity index is 1310. The number of nitrogens with two attached hydrogens (primary N) is 1. The highest BCUT2D eigenvalue weighted by Gasteiger charge is 2.36. The lowest BCUT2D eigenvalue weighted by Gasteiger charge is -2.24. The van der Waals surface area contributed by atoms with Crippen molar-refractivity contribution < 1.29 is 23.3 Å². The van der Waals surface area contributed by atoms with Crippen LogP contribution < -0.4 is 15.3 Å². The number of hydrogen-bond acceptors (Lipinski definition) is 10. The van der Waals surface area contributed by atoms with Gasteiger partial charge in [0.1, 0.15) is 41.9 Å². The molecule has 4 unspecified atom stereocenters. The van der Waals surface area contributed by atoms with Gasteiger partial charge in [-0.15, -0.1) is 0 Å². The van der Waals surface area contributed by atoms with Gasteiger partial charge in [-0.1, -0.05) is 18.5 Å². The summed E-state index contributed by atoms with van der Waals surface area (Å²) in [7, 11) is -1.73. The summed E-state index contributed by atoms with van der Waals surface area (Å²) in [5.74, 6) is 0.474. The Balaban J connectivity index is 1.46. The van der Waals surface area contributed by atoms with Crippen LogP contribution in [0.15, 0.2) is 36.8 Å². The number of esters is 1. The quantitative estimate of drug-likeness (QED) is 0.264. The number of benzene rings is 1. The van der Waals surface area contributed by atoms with Crippen LogP contribution in [0.2, 0.25) is 5.02 Å². The summed E-state index contributed by atoms with van der Waals surface area (Å²) in [6.45, 7) is 7.54. The van der Waals surface area contributed by atoms with E-state index in [-0.39, 0.29) is 36.8 Å². The summed E-state index contributed by atoms with van der Waals surface area (Å²) in [6, 6.07) is 8.36. The minimum absolute atomic E-state index is 0.0956. The molecule has 202 valence electrons. The molecule has 3 N–H and O–H groups in total. The molecule has 11 nitrogen and oxygen atoms in total. The average molecular weight is 561 g/mol. The monoisotopic (exact) mass is 560 g/mol. The zero-order chi connectivity index (χ0) is 27.4. The van der Waals surface area contributed by atoms with Crippen molar-refractivity contribution in [3.05, 3.63) is 47.4 Å². The smallest absolute Gasteiger partial charge is 0.323 e. The SMILES string of the molecule is CC(C)OC(=O)C(C)NP(OCC1CC(C)[C@H](n2cc(C#N)c3c(N)ncnc32)O1)Oc1ccc(Cl)cc1. The number of rotatable bonds is 10. The molecular weight excluding hydrogens is 531 g/mol. The molecule has 0 radical (unpaired) electrons. The van der Waals surface area contributed by atoms with E-state index < -0.39 is 20.5 Å². The van der Waals surface area contributed by atoms with Crippen LogP contribution in [-0.2, 0) is 18.8 Å². The van der Waals surface area contributed by atoms with E-state index in [2.05, 4.69) is 28.0 Å². The van der Waals surface area contributed by atoms with E-state index in [1.54, 1.807) is 51.2 Å². The van der Waals surface area contributed by atoms with E-state index in [9.17, 15) is 10.1 Å². The van der Waals surface area contributed by atoms with E-state index in [0.29, 0.717) is 33.8 Å². The fourth-order valence-electron chi connectivity index (χ4n) is 4.13. The first kappa shape index (κ1) is 28.0. The first-order valence-electron chi connectivity index (χ1n) is 12.2. The standard InChI is InChI=1S/C25H30ClN6O5P/c1-14(2)35-25(33)16(4)31-38(37-19-7-5-18(26)6-8-19)34-12-20-9-15(3)24(36-20)32-11-17(10-27)21-22(28)29-13-30-23(21)32/h5-8,11,13-16,20,24,31H,9,12H2,1-4H3,(H2,28,29,30)/t15?,16?,20?,24-,38?/m1/s1. The van der Waals surface area contributed by atoms with Crippen molar-refractivity contribution >= 4 is 42.9 Å². The predicted octanol–water partition coefficient (Wildman–Crippen LogP) is 4.71. The number of ether oxygens (including phenoxy) is 2. The van der Waals surface area contributed by atoms with Gasteiger partial charge in [-0.25, -0.2) is 15.1 Å². The van der Waals surface area contributed by atoms with E-state index in [0.717, 1.165) is 0 Å². The number of carbonyl (C=O) groups is 1. The molecule has 3 heterocycles. The molecule has 2 aromatic heterocycles. The molecule has 4 rings (SSSR count). The molecule has 0 bridgehead atoms. The number of anilines is 1. The third-order valence-electron chi connectivity index (χ3n) is 5.87. The Labute approximate surface area is 227 Å². The maximum Gasteiger partial charge on any atom is 0.323 e. The van der Waals surface area contributed by atoms with Crippen molar-refractivity contribution in [2.75, 3.05) is 12.3 Å². The Hall–Kier alpha value is -3.00. The van der Waals surface area contributed by atoms with Crippen molar-refractivity contribution in [1.82, 2.24) is 19.6 Å². The number of nitrogens with zero attached hydrogens (tertiary/aromatic N) is 4. The molecule has 0 amide bonds. The number of nitrogen functional groups attached to an aromatic ring is 1. The summed E-state index contributed by atoms with van der Waals surface area (Å²) >= 11 is 5.99. The lowest BCUT2D eigenvalue weighted by atomic mass is 10.1. The number of halogens is 1. The number of nitrogens with one attached hydrogen (secondary N) is 1. The van der Waals surface area contributed by atoms with Gasteiger partial charge in [0.05, 0.1) is 29.8 Å². The Morgan fingerprint density at radius 1 is 1.34 bits per heavy atom. The molecule has 5 atom stereocenters. The number of hydrogen-bond donors (Lipinski definition) is 2. The molecule has 13 heteroatoms. The highest BCUT2D eigenvalue weighted by molar-refractivity contribution is 7.45. The molecule has 1 aliphatic rings. The second-order valence-electron chi connectivity index (χ2n) is 9.32. The van der Waals surface area contributed by atoms with E-state index >= 15 is 0 Å². The lowest BCUT2D eigenvalue weighted by Crippen LogP contribution is -2.35. The Morgan fingerprint density at radius 3 is 2.76 bits per heavy atom. The highest BCUT2D eigenvalue weighted by Crippen LogP contribution is 2.41. The number of carbonyl (C=O) groups excluding carboxylic acids is 1. The zero-order valence-electron chi connectivity index (χ0n) is 21.5. The van der Waals surface area contributed by atoms with Gasteiger partial charge in [0.15, 0.2) is 0 Å². The van der Waals surface area contributed by atoms with Crippen LogP contribution in [0.3, 0.4) is 0 Å². The first-order chi connectivity index (χ1) is 18.2. The highest BCUT2D eigenvalue weighted by atomic mass is 35.5. The first-order valence-corrected chi connectivity index (χ1v) is 13.7. The van der Waals surface area contributed by atoms with Crippen LogP contribution in [0.5, 0.6) is 5.75 Å². The molecule has 1 aromatic carbocycles. The van der Waals surface area contributed by atoms with Gasteiger partial charge in [-0.3, -0.25) is 4.79 Å². The topological polar surface area (TPSA) is 147 Å². The summed E-state index contributed by atoms with van der Waals surface area (Å²) < 4.78 is 25.6. The molecule has 1 saturated heterocycles. The van der Waals surface area contributed by atoms with Gasteiger partial charge >= 0.3 is 14.5 Å². The van der Waals surface area contributed by atoms with Crippen LogP contribution >= 0.6 is 20.1 Å². The van der Waals surface area contributed by atoms with Crippen LogP contribution in [0.25, 0.3) is 11.0 Å². The summed E-state index contributed by atoms with van der Waals surface area (Å²) in [6.07, 6.45) is 2.87. The van der Waals surface area contributed by atoms with E-state index in [4.69, 9.17) is 35.9 Å². The Kier molecular flexibility index (Phi) is 9.03. The minimum Gasteiger partial charge on any atom is -0.462 e. The van der Waals surface area contributed by atoms with Gasteiger partial charge < -0.3 is 28.8 Å². The van der Waals surface area contributed by atoms with E-state index in [1.165, 1.54) is 6.33 Å². The van der Waals surface area contributed by atoms with Crippen molar-refractivity contribution in [1.29, 1.82) is 5.26 Å².